The van der Waals surface area contributed by atoms with Crippen LogP contribution in [0.15, 0.2) is 18.2 Å². The number of rotatable bonds is 9. The summed E-state index contributed by atoms with van der Waals surface area (Å²) in [7, 11) is 0. The SMILES string of the molecule is CSCCCCCCNCc1ccc(C)c(Cl)c1. The van der Waals surface area contributed by atoms with Crippen LogP contribution in [-0.4, -0.2) is 18.6 Å². The van der Waals surface area contributed by atoms with Gasteiger partial charge in [-0.15, -0.1) is 0 Å². The second kappa shape index (κ2) is 9.71. The molecular formula is C15H24ClNS. The number of hydrogen-bond donors (Lipinski definition) is 1. The predicted octanol–water partition coefficient (Wildman–Crippen LogP) is 4.66. The topological polar surface area (TPSA) is 12.0 Å². The monoisotopic (exact) mass is 285 g/mol. The Balaban J connectivity index is 2.05. The van der Waals surface area contributed by atoms with Gasteiger partial charge in [-0.05, 0) is 55.5 Å². The van der Waals surface area contributed by atoms with Crippen LogP contribution in [0.4, 0.5) is 0 Å². The molecule has 0 aliphatic carbocycles. The molecule has 0 aromatic heterocycles. The van der Waals surface area contributed by atoms with Crippen LogP contribution in [0.5, 0.6) is 0 Å². The van der Waals surface area contributed by atoms with Gasteiger partial charge < -0.3 is 5.32 Å². The summed E-state index contributed by atoms with van der Waals surface area (Å²) < 4.78 is 0. The predicted molar refractivity (Wildman–Crippen MR) is 84.7 cm³/mol. The quantitative estimate of drug-likeness (QED) is 0.662. The first-order valence-corrected chi connectivity index (χ1v) is 8.46. The summed E-state index contributed by atoms with van der Waals surface area (Å²) in [6.07, 6.45) is 7.50. The molecule has 1 rings (SSSR count). The summed E-state index contributed by atoms with van der Waals surface area (Å²) in [5, 5.41) is 4.34. The number of aryl methyl sites for hydroxylation is 1. The average Bonchev–Trinajstić information content (AvgIpc) is 2.37. The number of unbranched alkanes of at least 4 members (excludes halogenated alkanes) is 3. The molecule has 0 unspecified atom stereocenters. The fourth-order valence-electron chi connectivity index (χ4n) is 1.83. The van der Waals surface area contributed by atoms with Crippen molar-refractivity contribution in [3.63, 3.8) is 0 Å². The Morgan fingerprint density at radius 1 is 1.17 bits per heavy atom. The van der Waals surface area contributed by atoms with Crippen molar-refractivity contribution >= 4 is 23.4 Å². The summed E-state index contributed by atoms with van der Waals surface area (Å²) in [5.74, 6) is 1.30. The van der Waals surface area contributed by atoms with Gasteiger partial charge in [-0.3, -0.25) is 0 Å². The zero-order valence-corrected chi connectivity index (χ0v) is 13.0. The van der Waals surface area contributed by atoms with Crippen molar-refractivity contribution in [2.24, 2.45) is 0 Å². The molecule has 3 heteroatoms. The maximum absolute atomic E-state index is 6.10. The second-order valence-corrected chi connectivity index (χ2v) is 6.06. The van der Waals surface area contributed by atoms with Crippen molar-refractivity contribution in [1.29, 1.82) is 0 Å². The molecule has 0 amide bonds. The average molecular weight is 286 g/mol. The molecule has 1 nitrogen and oxygen atoms in total. The minimum absolute atomic E-state index is 0.867. The first kappa shape index (κ1) is 15.9. The fourth-order valence-corrected chi connectivity index (χ4v) is 2.52. The zero-order valence-electron chi connectivity index (χ0n) is 11.5. The van der Waals surface area contributed by atoms with Gasteiger partial charge in [-0.2, -0.15) is 11.8 Å². The standard InChI is InChI=1S/C15H24ClNS/c1-13-7-8-14(11-15(13)16)12-17-9-5-3-4-6-10-18-2/h7-8,11,17H,3-6,9-10,12H2,1-2H3. The van der Waals surface area contributed by atoms with E-state index in [0.29, 0.717) is 0 Å². The van der Waals surface area contributed by atoms with E-state index in [1.807, 2.05) is 18.7 Å². The van der Waals surface area contributed by atoms with Gasteiger partial charge in [0.25, 0.3) is 0 Å². The van der Waals surface area contributed by atoms with E-state index in [9.17, 15) is 0 Å². The van der Waals surface area contributed by atoms with Gasteiger partial charge in [-0.1, -0.05) is 36.6 Å². The van der Waals surface area contributed by atoms with Gasteiger partial charge in [0.15, 0.2) is 0 Å². The normalized spacial score (nSPS) is 10.8. The Bertz CT molecular complexity index is 341. The highest BCUT2D eigenvalue weighted by Crippen LogP contribution is 2.16. The van der Waals surface area contributed by atoms with Crippen LogP contribution in [-0.2, 0) is 6.54 Å². The number of nitrogens with one attached hydrogen (secondary N) is 1. The van der Waals surface area contributed by atoms with Crippen molar-refractivity contribution in [3.05, 3.63) is 34.3 Å². The van der Waals surface area contributed by atoms with E-state index in [2.05, 4.69) is 29.8 Å². The van der Waals surface area contributed by atoms with E-state index in [0.717, 1.165) is 23.7 Å². The van der Waals surface area contributed by atoms with E-state index in [-0.39, 0.29) is 0 Å². The van der Waals surface area contributed by atoms with E-state index >= 15 is 0 Å². The smallest absolute Gasteiger partial charge is 0.0438 e. The minimum atomic E-state index is 0.867. The molecule has 1 N–H and O–H groups in total. The lowest BCUT2D eigenvalue weighted by molar-refractivity contribution is 0.599. The number of hydrogen-bond acceptors (Lipinski definition) is 2. The van der Waals surface area contributed by atoms with Crippen molar-refractivity contribution in [1.82, 2.24) is 5.32 Å². The van der Waals surface area contributed by atoms with Gasteiger partial charge in [0.1, 0.15) is 0 Å². The summed E-state index contributed by atoms with van der Waals surface area (Å²) in [4.78, 5) is 0. The molecule has 102 valence electrons. The fraction of sp³-hybridized carbons (Fsp3) is 0.600. The Hall–Kier alpha value is -0.180. The molecule has 0 spiro atoms. The van der Waals surface area contributed by atoms with Crippen LogP contribution < -0.4 is 5.32 Å². The summed E-state index contributed by atoms with van der Waals surface area (Å²) >= 11 is 8.04. The van der Waals surface area contributed by atoms with Crippen LogP contribution in [0.1, 0.15) is 36.8 Å². The highest BCUT2D eigenvalue weighted by molar-refractivity contribution is 7.98. The van der Waals surface area contributed by atoms with Crippen molar-refractivity contribution in [3.8, 4) is 0 Å². The molecule has 0 saturated heterocycles. The molecule has 1 aromatic carbocycles. The van der Waals surface area contributed by atoms with E-state index in [1.165, 1.54) is 37.0 Å². The number of benzene rings is 1. The van der Waals surface area contributed by atoms with Crippen LogP contribution in [0, 0.1) is 6.92 Å². The molecule has 0 aliphatic heterocycles. The highest BCUT2D eigenvalue weighted by Gasteiger charge is 1.97. The Labute approximate surface area is 121 Å². The van der Waals surface area contributed by atoms with E-state index in [4.69, 9.17) is 11.6 Å². The van der Waals surface area contributed by atoms with Gasteiger partial charge in [-0.25, -0.2) is 0 Å². The molecule has 0 heterocycles. The maximum atomic E-state index is 6.10. The summed E-state index contributed by atoms with van der Waals surface area (Å²) in [5.41, 5.74) is 2.42. The number of halogens is 1. The third-order valence-corrected chi connectivity index (χ3v) is 4.12. The Kier molecular flexibility index (Phi) is 8.57. The number of thioether (sulfide) groups is 1. The van der Waals surface area contributed by atoms with Crippen molar-refractivity contribution < 1.29 is 0 Å². The lowest BCUT2D eigenvalue weighted by atomic mass is 10.1. The van der Waals surface area contributed by atoms with Crippen LogP contribution >= 0.6 is 23.4 Å². The molecular weight excluding hydrogens is 262 g/mol. The minimum Gasteiger partial charge on any atom is -0.313 e. The lowest BCUT2D eigenvalue weighted by Crippen LogP contribution is -2.14. The van der Waals surface area contributed by atoms with Crippen LogP contribution in [0.25, 0.3) is 0 Å². The largest absolute Gasteiger partial charge is 0.313 e. The van der Waals surface area contributed by atoms with Gasteiger partial charge in [0.2, 0.25) is 0 Å². The molecule has 0 bridgehead atoms. The van der Waals surface area contributed by atoms with Crippen molar-refractivity contribution in [2.75, 3.05) is 18.6 Å². The van der Waals surface area contributed by atoms with E-state index < -0.39 is 0 Å². The molecule has 0 radical (unpaired) electrons. The first-order valence-electron chi connectivity index (χ1n) is 6.68. The van der Waals surface area contributed by atoms with Gasteiger partial charge >= 0.3 is 0 Å². The first-order chi connectivity index (χ1) is 8.74. The molecule has 18 heavy (non-hydrogen) atoms. The van der Waals surface area contributed by atoms with Gasteiger partial charge in [0, 0.05) is 11.6 Å². The maximum Gasteiger partial charge on any atom is 0.0438 e. The zero-order chi connectivity index (χ0) is 13.2. The second-order valence-electron chi connectivity index (χ2n) is 4.67. The summed E-state index contributed by atoms with van der Waals surface area (Å²) in [6.45, 7) is 4.06. The lowest BCUT2D eigenvalue weighted by Gasteiger charge is -2.06. The third kappa shape index (κ3) is 6.67. The molecule has 1 aromatic rings. The van der Waals surface area contributed by atoms with Crippen molar-refractivity contribution in [2.45, 2.75) is 39.2 Å². The van der Waals surface area contributed by atoms with Crippen LogP contribution in [0.3, 0.4) is 0 Å². The van der Waals surface area contributed by atoms with E-state index in [1.54, 1.807) is 0 Å². The molecule has 0 aliphatic rings. The molecule has 0 atom stereocenters. The highest BCUT2D eigenvalue weighted by atomic mass is 35.5. The van der Waals surface area contributed by atoms with Gasteiger partial charge in [0.05, 0.1) is 0 Å². The summed E-state index contributed by atoms with van der Waals surface area (Å²) in [6, 6.07) is 6.29. The van der Waals surface area contributed by atoms with Crippen LogP contribution in [0.2, 0.25) is 5.02 Å². The Morgan fingerprint density at radius 2 is 1.94 bits per heavy atom. The Morgan fingerprint density at radius 3 is 2.67 bits per heavy atom. The third-order valence-electron chi connectivity index (χ3n) is 3.02. The molecule has 0 fully saturated rings. The molecule has 0 saturated carbocycles.